The standard InChI is InChI=1S/C36H36S3/c1-34(2,3)19-10-13-25-22(16-19)28-31(37-25)29-24-18-21(36(7,8)9)12-15-27(24)39-33(29)30-23-17-20(35(4,5)6)11-14-26(23)38-32(28)30/h10-18H,1-9H3. The van der Waals surface area contributed by atoms with E-state index in [1.165, 1.54) is 77.2 Å². The molecule has 4 aromatic carbocycles. The third-order valence-electron chi connectivity index (χ3n) is 8.34. The fourth-order valence-corrected chi connectivity index (χ4v) is 9.86. The smallest absolute Gasteiger partial charge is 0.0463 e. The van der Waals surface area contributed by atoms with E-state index in [2.05, 4.69) is 117 Å². The van der Waals surface area contributed by atoms with Crippen molar-refractivity contribution in [2.45, 2.75) is 78.6 Å². The molecule has 198 valence electrons. The lowest BCUT2D eigenvalue weighted by molar-refractivity contribution is 0.591. The zero-order valence-electron chi connectivity index (χ0n) is 24.4. The molecule has 0 aliphatic heterocycles. The quantitative estimate of drug-likeness (QED) is 0.172. The monoisotopic (exact) mass is 564 g/mol. The molecule has 0 N–H and O–H groups in total. The average Bonchev–Trinajstić information content (AvgIpc) is 3.51. The van der Waals surface area contributed by atoms with Crippen LogP contribution in [-0.2, 0) is 16.2 Å². The maximum Gasteiger partial charge on any atom is 0.0463 e. The second kappa shape index (κ2) is 8.06. The van der Waals surface area contributed by atoms with Gasteiger partial charge >= 0.3 is 0 Å². The fraction of sp³-hybridized carbons (Fsp3) is 0.333. The molecule has 0 atom stereocenters. The molecule has 0 radical (unpaired) electrons. The highest BCUT2D eigenvalue weighted by Crippen LogP contribution is 2.54. The van der Waals surface area contributed by atoms with Crippen LogP contribution in [-0.4, -0.2) is 0 Å². The molecule has 0 fully saturated rings. The molecule has 0 aliphatic rings. The predicted octanol–water partition coefficient (Wildman–Crippen LogP) is 12.7. The highest BCUT2D eigenvalue weighted by Gasteiger charge is 2.25. The summed E-state index contributed by atoms with van der Waals surface area (Å²) in [4.78, 5) is 0. The van der Waals surface area contributed by atoms with E-state index < -0.39 is 0 Å². The number of thiophene rings is 3. The topological polar surface area (TPSA) is 0 Å². The molecule has 0 spiro atoms. The van der Waals surface area contributed by atoms with Gasteiger partial charge in [0.2, 0.25) is 0 Å². The van der Waals surface area contributed by atoms with Crippen molar-refractivity contribution in [1.82, 2.24) is 0 Å². The van der Waals surface area contributed by atoms with Crippen LogP contribution in [0.4, 0.5) is 0 Å². The Kier molecular flexibility index (Phi) is 5.27. The van der Waals surface area contributed by atoms with Gasteiger partial charge in [0.15, 0.2) is 0 Å². The van der Waals surface area contributed by atoms with Gasteiger partial charge in [-0.05, 0) is 69.3 Å². The minimum Gasteiger partial charge on any atom is -0.134 e. The van der Waals surface area contributed by atoms with Gasteiger partial charge in [-0.1, -0.05) is 80.5 Å². The van der Waals surface area contributed by atoms with Gasteiger partial charge in [0, 0.05) is 60.5 Å². The van der Waals surface area contributed by atoms with Crippen LogP contribution in [0.3, 0.4) is 0 Å². The largest absolute Gasteiger partial charge is 0.134 e. The molecule has 3 heterocycles. The number of hydrogen-bond donors (Lipinski definition) is 0. The van der Waals surface area contributed by atoms with E-state index in [1.54, 1.807) is 0 Å². The highest BCUT2D eigenvalue weighted by molar-refractivity contribution is 7.33. The van der Waals surface area contributed by atoms with E-state index in [1.807, 2.05) is 34.0 Å². The predicted molar refractivity (Wildman–Crippen MR) is 181 cm³/mol. The van der Waals surface area contributed by atoms with Crippen LogP contribution in [0.1, 0.15) is 79.0 Å². The molecule has 39 heavy (non-hydrogen) atoms. The summed E-state index contributed by atoms with van der Waals surface area (Å²) in [5, 5.41) is 8.64. The Morgan fingerprint density at radius 2 is 0.641 bits per heavy atom. The van der Waals surface area contributed by atoms with E-state index in [9.17, 15) is 0 Å². The Morgan fingerprint density at radius 1 is 0.385 bits per heavy atom. The first-order chi connectivity index (χ1) is 18.2. The molecule has 3 heteroatoms. The van der Waals surface area contributed by atoms with Crippen LogP contribution in [0.5, 0.6) is 0 Å². The molecule has 0 amide bonds. The van der Waals surface area contributed by atoms with Gasteiger partial charge in [-0.15, -0.1) is 34.0 Å². The van der Waals surface area contributed by atoms with E-state index in [-0.39, 0.29) is 16.2 Å². The lowest BCUT2D eigenvalue weighted by Crippen LogP contribution is -2.10. The van der Waals surface area contributed by atoms with Crippen molar-refractivity contribution in [2.75, 3.05) is 0 Å². The molecule has 0 bridgehead atoms. The number of rotatable bonds is 0. The number of fused-ring (bicyclic) bond motifs is 12. The lowest BCUT2D eigenvalue weighted by atomic mass is 9.85. The van der Waals surface area contributed by atoms with Crippen LogP contribution in [0.25, 0.3) is 60.5 Å². The molecular formula is C36H36S3. The van der Waals surface area contributed by atoms with Gasteiger partial charge in [-0.2, -0.15) is 0 Å². The minimum atomic E-state index is 0.115. The first kappa shape index (κ1) is 25.5. The number of hydrogen-bond acceptors (Lipinski definition) is 3. The average molecular weight is 565 g/mol. The number of benzene rings is 4. The molecule has 0 nitrogen and oxygen atoms in total. The van der Waals surface area contributed by atoms with Crippen molar-refractivity contribution < 1.29 is 0 Å². The Bertz CT molecular complexity index is 1830. The molecule has 3 aromatic heterocycles. The van der Waals surface area contributed by atoms with Crippen molar-refractivity contribution in [2.24, 2.45) is 0 Å². The summed E-state index contributed by atoms with van der Waals surface area (Å²) in [7, 11) is 0. The molecule has 0 saturated carbocycles. The Hall–Kier alpha value is -2.46. The van der Waals surface area contributed by atoms with Gasteiger partial charge in [-0.3, -0.25) is 0 Å². The molecule has 0 unspecified atom stereocenters. The zero-order valence-corrected chi connectivity index (χ0v) is 26.9. The van der Waals surface area contributed by atoms with Gasteiger partial charge < -0.3 is 0 Å². The van der Waals surface area contributed by atoms with Crippen molar-refractivity contribution in [3.05, 3.63) is 71.3 Å². The molecular weight excluding hydrogens is 529 g/mol. The molecule has 0 aliphatic carbocycles. The fourth-order valence-electron chi connectivity index (χ4n) is 5.90. The third-order valence-corrected chi connectivity index (χ3v) is 11.9. The lowest BCUT2D eigenvalue weighted by Gasteiger charge is -2.19. The Balaban J connectivity index is 1.76. The van der Waals surface area contributed by atoms with Crippen LogP contribution < -0.4 is 0 Å². The SMILES string of the molecule is CC(C)(C)c1ccc2sc3c(c2c1)c1sc2ccc(C(C)(C)C)cc2c1c1sc2ccc(C(C)(C)C)cc2c31. The van der Waals surface area contributed by atoms with E-state index in [0.29, 0.717) is 0 Å². The molecule has 7 rings (SSSR count). The normalized spacial score (nSPS) is 13.8. The van der Waals surface area contributed by atoms with E-state index >= 15 is 0 Å². The Morgan fingerprint density at radius 3 is 0.872 bits per heavy atom. The maximum atomic E-state index is 2.49. The van der Waals surface area contributed by atoms with Crippen LogP contribution in [0, 0.1) is 0 Å². The van der Waals surface area contributed by atoms with Gasteiger partial charge in [0.1, 0.15) is 0 Å². The third kappa shape index (κ3) is 3.80. The summed E-state index contributed by atoms with van der Waals surface area (Å²) in [6.07, 6.45) is 0. The summed E-state index contributed by atoms with van der Waals surface area (Å²) >= 11 is 5.97. The van der Waals surface area contributed by atoms with Gasteiger partial charge in [-0.25, -0.2) is 0 Å². The maximum absolute atomic E-state index is 2.49. The van der Waals surface area contributed by atoms with E-state index in [0.717, 1.165) is 0 Å². The summed E-state index contributed by atoms with van der Waals surface area (Å²) in [6, 6.07) is 21.6. The summed E-state index contributed by atoms with van der Waals surface area (Å²) in [5.41, 5.74) is 4.57. The van der Waals surface area contributed by atoms with Crippen molar-refractivity contribution >= 4 is 94.5 Å². The van der Waals surface area contributed by atoms with Crippen LogP contribution in [0.15, 0.2) is 54.6 Å². The molecule has 7 aromatic rings. The minimum absolute atomic E-state index is 0.115. The van der Waals surface area contributed by atoms with E-state index in [4.69, 9.17) is 0 Å². The summed E-state index contributed by atoms with van der Waals surface area (Å²) in [6.45, 7) is 20.9. The van der Waals surface area contributed by atoms with Crippen molar-refractivity contribution in [3.63, 3.8) is 0 Å². The summed E-state index contributed by atoms with van der Waals surface area (Å²) < 4.78 is 8.55. The first-order valence-electron chi connectivity index (χ1n) is 13.9. The second-order valence-corrected chi connectivity index (χ2v) is 17.5. The highest BCUT2D eigenvalue weighted by atomic mass is 32.1. The van der Waals surface area contributed by atoms with Gasteiger partial charge in [0.05, 0.1) is 0 Å². The van der Waals surface area contributed by atoms with Crippen LogP contribution >= 0.6 is 34.0 Å². The second-order valence-electron chi connectivity index (χ2n) is 14.3. The molecule has 0 saturated heterocycles. The first-order valence-corrected chi connectivity index (χ1v) is 16.4. The van der Waals surface area contributed by atoms with Gasteiger partial charge in [0.25, 0.3) is 0 Å². The van der Waals surface area contributed by atoms with Crippen LogP contribution in [0.2, 0.25) is 0 Å². The van der Waals surface area contributed by atoms with Crippen molar-refractivity contribution in [1.29, 1.82) is 0 Å². The van der Waals surface area contributed by atoms with Crippen molar-refractivity contribution in [3.8, 4) is 0 Å². The Labute approximate surface area is 243 Å². The zero-order chi connectivity index (χ0) is 27.6. The summed E-state index contributed by atoms with van der Waals surface area (Å²) in [5.74, 6) is 0.